The van der Waals surface area contributed by atoms with Gasteiger partial charge in [0, 0.05) is 14.1 Å². The van der Waals surface area contributed by atoms with Crippen LogP contribution in [-0.2, 0) is 9.47 Å². The maximum atomic E-state index is 12.2. The number of hydrogen-bond acceptors (Lipinski definition) is 8. The van der Waals surface area contributed by atoms with Crippen molar-refractivity contribution in [3.8, 4) is 0 Å². The minimum absolute atomic E-state index is 0.102. The maximum absolute atomic E-state index is 12.2. The fourth-order valence-electron chi connectivity index (χ4n) is 3.09. The number of aromatic nitrogens is 4. The third kappa shape index (κ3) is 2.35. The van der Waals surface area contributed by atoms with Gasteiger partial charge < -0.3 is 24.6 Å². The molecule has 0 aliphatic carbocycles. The number of nitrogens with zero attached hydrogens (tertiary/aromatic N) is 5. The summed E-state index contributed by atoms with van der Waals surface area (Å²) in [6.07, 6.45) is 0.499. The van der Waals surface area contributed by atoms with Gasteiger partial charge in [-0.25, -0.2) is 9.98 Å². The van der Waals surface area contributed by atoms with Crippen molar-refractivity contribution >= 4 is 23.5 Å². The number of hydrogen-bond donors (Lipinski definition) is 3. The summed E-state index contributed by atoms with van der Waals surface area (Å²) in [5, 5.41) is 19.9. The van der Waals surface area contributed by atoms with Gasteiger partial charge in [0.15, 0.2) is 17.4 Å². The van der Waals surface area contributed by atoms with Crippen molar-refractivity contribution in [3.63, 3.8) is 0 Å². The second-order valence-corrected chi connectivity index (χ2v) is 6.37. The lowest BCUT2D eigenvalue weighted by molar-refractivity contribution is -0.185. The quantitative estimate of drug-likeness (QED) is 0.441. The smallest absolute Gasteiger partial charge is 0.280 e. The molecule has 134 valence electrons. The summed E-state index contributed by atoms with van der Waals surface area (Å²) in [6, 6.07) is 0. The molecule has 2 aliphatic rings. The molecule has 2 aliphatic heterocycles. The van der Waals surface area contributed by atoms with Crippen LogP contribution in [0.25, 0.3) is 11.2 Å². The number of nitrogens with one attached hydrogen (secondary N) is 1. The number of aliphatic imine (C=N–C) groups is 1. The monoisotopic (exact) mass is 350 g/mol. The van der Waals surface area contributed by atoms with Crippen molar-refractivity contribution < 1.29 is 19.7 Å². The highest BCUT2D eigenvalue weighted by Crippen LogP contribution is 2.45. The van der Waals surface area contributed by atoms with E-state index in [2.05, 4.69) is 19.9 Å². The zero-order valence-corrected chi connectivity index (χ0v) is 13.7. The predicted octanol–water partition coefficient (Wildman–Crippen LogP) is -1.64. The van der Waals surface area contributed by atoms with E-state index in [0.29, 0.717) is 0 Å². The van der Waals surface area contributed by atoms with Crippen LogP contribution >= 0.6 is 0 Å². The maximum Gasteiger partial charge on any atom is 0.280 e. The topological polar surface area (TPSA) is 138 Å². The van der Waals surface area contributed by atoms with Gasteiger partial charge in [0.1, 0.15) is 17.8 Å². The van der Waals surface area contributed by atoms with Crippen LogP contribution in [0.2, 0.25) is 0 Å². The number of ether oxygens (including phenoxy) is 2. The average molecular weight is 350 g/mol. The number of fused-ring (bicyclic) bond motifs is 3. The Bertz CT molecular complexity index is 891. The van der Waals surface area contributed by atoms with Crippen molar-refractivity contribution in [1.82, 2.24) is 24.4 Å². The van der Waals surface area contributed by atoms with E-state index in [1.807, 2.05) is 0 Å². The van der Waals surface area contributed by atoms with Gasteiger partial charge in [-0.05, 0) is 0 Å². The Kier molecular flexibility index (Phi) is 3.61. The normalized spacial score (nSPS) is 31.4. The first-order valence-corrected chi connectivity index (χ1v) is 7.71. The average Bonchev–Trinajstić information content (AvgIpc) is 3.23. The molecule has 2 aromatic rings. The van der Waals surface area contributed by atoms with Gasteiger partial charge in [-0.15, -0.1) is 0 Å². The van der Waals surface area contributed by atoms with E-state index in [9.17, 15) is 15.0 Å². The van der Waals surface area contributed by atoms with Crippen LogP contribution in [0, 0.1) is 0 Å². The van der Waals surface area contributed by atoms with E-state index in [-0.39, 0.29) is 30.3 Å². The van der Waals surface area contributed by atoms with Crippen molar-refractivity contribution in [3.05, 3.63) is 16.7 Å². The molecule has 11 nitrogen and oxygen atoms in total. The summed E-state index contributed by atoms with van der Waals surface area (Å²) in [5.74, 6) is 0.120. The summed E-state index contributed by atoms with van der Waals surface area (Å²) in [7, 11) is 3.58. The molecule has 2 fully saturated rings. The van der Waals surface area contributed by atoms with Crippen molar-refractivity contribution in [2.45, 2.75) is 24.0 Å². The molecule has 4 heterocycles. The van der Waals surface area contributed by atoms with E-state index >= 15 is 0 Å². The first-order chi connectivity index (χ1) is 11.9. The van der Waals surface area contributed by atoms with Crippen LogP contribution in [0.3, 0.4) is 0 Å². The lowest BCUT2D eigenvalue weighted by Crippen LogP contribution is -2.44. The number of imidazole rings is 1. The van der Waals surface area contributed by atoms with Crippen LogP contribution in [-0.4, -0.2) is 86.1 Å². The fraction of sp³-hybridized carbons (Fsp3) is 0.571. The number of H-pyrrole nitrogens is 1. The van der Waals surface area contributed by atoms with Gasteiger partial charge in [0.2, 0.25) is 5.95 Å². The zero-order chi connectivity index (χ0) is 17.8. The van der Waals surface area contributed by atoms with Gasteiger partial charge in [0.25, 0.3) is 5.56 Å². The molecular weight excluding hydrogens is 332 g/mol. The van der Waals surface area contributed by atoms with Crippen LogP contribution in [0.4, 0.5) is 5.95 Å². The minimum atomic E-state index is -1.17. The van der Waals surface area contributed by atoms with Gasteiger partial charge in [-0.3, -0.25) is 14.3 Å². The second-order valence-electron chi connectivity index (χ2n) is 6.37. The molecule has 0 aromatic carbocycles. The summed E-state index contributed by atoms with van der Waals surface area (Å²) < 4.78 is 12.9. The largest absolute Gasteiger partial charge is 0.393 e. The summed E-state index contributed by atoms with van der Waals surface area (Å²) in [4.78, 5) is 28.9. The van der Waals surface area contributed by atoms with E-state index in [1.54, 1.807) is 19.0 Å². The highest BCUT2D eigenvalue weighted by molar-refractivity contribution is 5.71. The SMILES string of the molecule is CN(C)C=Nc1nc2c(ncn2C2OC3(CO)COC2C3O)c(=O)[nH]1. The first kappa shape index (κ1) is 16.1. The Labute approximate surface area is 141 Å². The molecule has 2 saturated heterocycles. The molecule has 0 amide bonds. The summed E-state index contributed by atoms with van der Waals surface area (Å²) >= 11 is 0. The van der Waals surface area contributed by atoms with Crippen LogP contribution in [0.1, 0.15) is 6.23 Å². The molecule has 4 rings (SSSR count). The van der Waals surface area contributed by atoms with Crippen LogP contribution < -0.4 is 5.56 Å². The lowest BCUT2D eigenvalue weighted by atomic mass is 10.0. The Morgan fingerprint density at radius 1 is 1.60 bits per heavy atom. The van der Waals surface area contributed by atoms with Gasteiger partial charge in [-0.2, -0.15) is 4.98 Å². The molecule has 0 saturated carbocycles. The van der Waals surface area contributed by atoms with Crippen molar-refractivity contribution in [2.24, 2.45) is 4.99 Å². The highest BCUT2D eigenvalue weighted by Gasteiger charge is 2.61. The molecule has 4 unspecified atom stereocenters. The number of rotatable bonds is 4. The Balaban J connectivity index is 1.78. The molecule has 0 radical (unpaired) electrons. The van der Waals surface area contributed by atoms with Crippen molar-refractivity contribution in [1.29, 1.82) is 0 Å². The number of aromatic amines is 1. The molecule has 2 aromatic heterocycles. The molecular formula is C14H18N6O5. The van der Waals surface area contributed by atoms with E-state index in [1.165, 1.54) is 17.2 Å². The molecule has 11 heteroatoms. The molecule has 2 bridgehead atoms. The fourth-order valence-corrected chi connectivity index (χ4v) is 3.09. The third-order valence-electron chi connectivity index (χ3n) is 4.38. The van der Waals surface area contributed by atoms with Crippen molar-refractivity contribution in [2.75, 3.05) is 27.3 Å². The van der Waals surface area contributed by atoms with Gasteiger partial charge >= 0.3 is 0 Å². The highest BCUT2D eigenvalue weighted by atomic mass is 16.7. The van der Waals surface area contributed by atoms with Gasteiger partial charge in [0.05, 0.1) is 25.9 Å². The van der Waals surface area contributed by atoms with Crippen LogP contribution in [0.15, 0.2) is 16.1 Å². The Morgan fingerprint density at radius 3 is 3.08 bits per heavy atom. The first-order valence-electron chi connectivity index (χ1n) is 7.71. The zero-order valence-electron chi connectivity index (χ0n) is 13.7. The molecule has 4 atom stereocenters. The van der Waals surface area contributed by atoms with Crippen LogP contribution in [0.5, 0.6) is 0 Å². The molecule has 25 heavy (non-hydrogen) atoms. The Morgan fingerprint density at radius 2 is 2.40 bits per heavy atom. The van der Waals surface area contributed by atoms with E-state index in [4.69, 9.17) is 9.47 Å². The van der Waals surface area contributed by atoms with E-state index < -0.39 is 29.6 Å². The lowest BCUT2D eigenvalue weighted by Gasteiger charge is -2.29. The number of aliphatic hydroxyl groups excluding tert-OH is 2. The summed E-state index contributed by atoms with van der Waals surface area (Å²) in [6.45, 7) is -0.273. The van der Waals surface area contributed by atoms with E-state index in [0.717, 1.165) is 0 Å². The minimum Gasteiger partial charge on any atom is -0.393 e. The predicted molar refractivity (Wildman–Crippen MR) is 85.7 cm³/mol. The number of aliphatic hydroxyl groups is 2. The molecule has 3 N–H and O–H groups in total. The summed E-state index contributed by atoms with van der Waals surface area (Å²) in [5.41, 5.74) is -1.21. The third-order valence-corrected chi connectivity index (χ3v) is 4.38. The standard InChI is InChI=1S/C14H18N6O5/c1-19(2)5-16-13-17-10-7(11(23)18-13)15-6-20(10)12-8-9(22)14(3-21,25-12)4-24-8/h5-6,8-9,12,21-22H,3-4H2,1-2H3,(H,17,18,23). The van der Waals surface area contributed by atoms with Gasteiger partial charge in [-0.1, -0.05) is 0 Å². The Hall–Kier alpha value is -2.34. The molecule has 0 spiro atoms. The second kappa shape index (κ2) is 5.59.